The van der Waals surface area contributed by atoms with Crippen molar-refractivity contribution in [1.82, 2.24) is 5.32 Å². The number of hydrogen-bond donors (Lipinski definition) is 3. The van der Waals surface area contributed by atoms with Crippen molar-refractivity contribution in [3.8, 4) is 0 Å². The summed E-state index contributed by atoms with van der Waals surface area (Å²) in [6, 6.07) is 12.3. The number of hydrogen-bond acceptors (Lipinski definition) is 4. The minimum absolute atomic E-state index is 0.0549. The smallest absolute Gasteiger partial charge is 0.251 e. The molecule has 0 bridgehead atoms. The van der Waals surface area contributed by atoms with Gasteiger partial charge in [-0.2, -0.15) is 0 Å². The van der Waals surface area contributed by atoms with Crippen LogP contribution in [0.15, 0.2) is 42.5 Å². The lowest BCUT2D eigenvalue weighted by Crippen LogP contribution is -2.23. The van der Waals surface area contributed by atoms with Gasteiger partial charge in [-0.25, -0.2) is 8.42 Å². The molecule has 7 nitrogen and oxygen atoms in total. The first-order valence-electron chi connectivity index (χ1n) is 9.98. The van der Waals surface area contributed by atoms with E-state index in [9.17, 15) is 18.0 Å². The monoisotopic (exact) mass is 429 g/mol. The predicted molar refractivity (Wildman–Crippen MR) is 118 cm³/mol. The van der Waals surface area contributed by atoms with Crippen molar-refractivity contribution < 1.29 is 18.0 Å². The molecule has 0 aliphatic heterocycles. The Morgan fingerprint density at radius 2 is 1.80 bits per heavy atom. The molecule has 3 N–H and O–H groups in total. The number of nitrogens with one attached hydrogen (secondary N) is 3. The van der Waals surface area contributed by atoms with Gasteiger partial charge in [-0.3, -0.25) is 14.3 Å². The van der Waals surface area contributed by atoms with Gasteiger partial charge in [0.05, 0.1) is 11.9 Å². The van der Waals surface area contributed by atoms with E-state index in [4.69, 9.17) is 0 Å². The van der Waals surface area contributed by atoms with E-state index in [1.807, 2.05) is 24.3 Å². The predicted octanol–water partition coefficient (Wildman–Crippen LogP) is 3.43. The number of carbonyl (C=O) groups excluding carboxylic acids is 2. The van der Waals surface area contributed by atoms with Gasteiger partial charge in [0.15, 0.2) is 0 Å². The van der Waals surface area contributed by atoms with Crippen LogP contribution in [0.1, 0.15) is 47.2 Å². The third-order valence-corrected chi connectivity index (χ3v) is 5.76. The maximum absolute atomic E-state index is 12.5. The van der Waals surface area contributed by atoms with Gasteiger partial charge in [0, 0.05) is 23.7 Å². The molecule has 8 heteroatoms. The molecule has 1 fully saturated rings. The lowest BCUT2D eigenvalue weighted by atomic mass is 10.1. The summed E-state index contributed by atoms with van der Waals surface area (Å²) in [7, 11) is -3.43. The Balaban J connectivity index is 1.62. The largest absolute Gasteiger partial charge is 0.348 e. The Morgan fingerprint density at radius 3 is 2.50 bits per heavy atom. The number of amides is 2. The highest BCUT2D eigenvalue weighted by molar-refractivity contribution is 7.92. The molecule has 1 aliphatic rings. The molecule has 160 valence electrons. The molecule has 1 aliphatic carbocycles. The second kappa shape index (κ2) is 9.30. The Kier molecular flexibility index (Phi) is 6.77. The Morgan fingerprint density at radius 1 is 1.07 bits per heavy atom. The average molecular weight is 430 g/mol. The fourth-order valence-electron chi connectivity index (χ4n) is 3.55. The third kappa shape index (κ3) is 6.06. The molecule has 0 heterocycles. The summed E-state index contributed by atoms with van der Waals surface area (Å²) in [4.78, 5) is 24.8. The van der Waals surface area contributed by atoms with Gasteiger partial charge in [-0.15, -0.1) is 0 Å². The molecule has 0 spiro atoms. The van der Waals surface area contributed by atoms with Gasteiger partial charge in [0.2, 0.25) is 15.9 Å². The van der Waals surface area contributed by atoms with Gasteiger partial charge in [-0.1, -0.05) is 31.0 Å². The van der Waals surface area contributed by atoms with Crippen molar-refractivity contribution in [2.75, 3.05) is 16.3 Å². The molecule has 30 heavy (non-hydrogen) atoms. The quantitative estimate of drug-likeness (QED) is 0.627. The van der Waals surface area contributed by atoms with E-state index < -0.39 is 10.0 Å². The highest BCUT2D eigenvalue weighted by Gasteiger charge is 2.22. The van der Waals surface area contributed by atoms with E-state index >= 15 is 0 Å². The Hall–Kier alpha value is -2.87. The summed E-state index contributed by atoms with van der Waals surface area (Å²) < 4.78 is 25.4. The van der Waals surface area contributed by atoms with E-state index in [1.54, 1.807) is 19.1 Å². The molecular weight excluding hydrogens is 402 g/mol. The number of sulfonamides is 1. The number of carbonyl (C=O) groups is 2. The second-order valence-corrected chi connectivity index (χ2v) is 9.51. The minimum Gasteiger partial charge on any atom is -0.348 e. The van der Waals surface area contributed by atoms with E-state index in [0.29, 0.717) is 16.9 Å². The Bertz CT molecular complexity index is 1040. The summed E-state index contributed by atoms with van der Waals surface area (Å²) in [5.74, 6) is -0.171. The topological polar surface area (TPSA) is 104 Å². The van der Waals surface area contributed by atoms with Gasteiger partial charge < -0.3 is 10.6 Å². The lowest BCUT2D eigenvalue weighted by molar-refractivity contribution is -0.119. The van der Waals surface area contributed by atoms with E-state index in [1.165, 1.54) is 6.07 Å². The molecule has 0 saturated heterocycles. The van der Waals surface area contributed by atoms with Crippen LogP contribution in [0.25, 0.3) is 0 Å². The van der Waals surface area contributed by atoms with E-state index in [2.05, 4.69) is 15.4 Å². The van der Waals surface area contributed by atoms with Gasteiger partial charge in [0.1, 0.15) is 0 Å². The summed E-state index contributed by atoms with van der Waals surface area (Å²) in [5, 5.41) is 5.79. The standard InChI is InChI=1S/C22H27N3O4S/c1-15-10-11-18(13-20(15)25-30(2,28)29)21(26)23-14-16-6-5-9-19(12-16)24-22(27)17-7-3-4-8-17/h5-6,9-13,17,25H,3-4,7-8,14H2,1-2H3,(H,23,26)(H,24,27). The molecule has 0 radical (unpaired) electrons. The van der Waals surface area contributed by atoms with Crippen molar-refractivity contribution in [3.05, 3.63) is 59.2 Å². The molecule has 0 aromatic heterocycles. The van der Waals surface area contributed by atoms with Crippen molar-refractivity contribution in [2.45, 2.75) is 39.2 Å². The fourth-order valence-corrected chi connectivity index (χ4v) is 4.17. The first kappa shape index (κ1) is 21.8. The first-order chi connectivity index (χ1) is 14.2. The van der Waals surface area contributed by atoms with Crippen LogP contribution >= 0.6 is 0 Å². The average Bonchev–Trinajstić information content (AvgIpc) is 3.22. The normalized spacial score (nSPS) is 14.3. The molecule has 2 aromatic rings. The van der Waals surface area contributed by atoms with Crippen molar-refractivity contribution in [2.24, 2.45) is 5.92 Å². The maximum Gasteiger partial charge on any atom is 0.251 e. The molecule has 1 saturated carbocycles. The summed E-state index contributed by atoms with van der Waals surface area (Å²) in [5.41, 5.74) is 3.03. The summed E-state index contributed by atoms with van der Waals surface area (Å²) in [6.45, 7) is 2.05. The number of aryl methyl sites for hydroxylation is 1. The minimum atomic E-state index is -3.43. The lowest BCUT2D eigenvalue weighted by Gasteiger charge is -2.12. The van der Waals surface area contributed by atoms with Crippen LogP contribution in [0.2, 0.25) is 0 Å². The molecule has 2 amide bonds. The molecule has 0 atom stereocenters. The third-order valence-electron chi connectivity index (χ3n) is 5.17. The van der Waals surface area contributed by atoms with Gasteiger partial charge in [0.25, 0.3) is 5.91 Å². The first-order valence-corrected chi connectivity index (χ1v) is 11.9. The second-order valence-electron chi connectivity index (χ2n) is 7.76. The SMILES string of the molecule is Cc1ccc(C(=O)NCc2cccc(NC(=O)C3CCCC3)c2)cc1NS(C)(=O)=O. The Labute approximate surface area is 177 Å². The maximum atomic E-state index is 12.5. The van der Waals surface area contributed by atoms with Crippen molar-refractivity contribution in [1.29, 1.82) is 0 Å². The highest BCUT2D eigenvalue weighted by Crippen LogP contribution is 2.26. The van der Waals surface area contributed by atoms with Gasteiger partial charge in [-0.05, 0) is 55.2 Å². The zero-order valence-electron chi connectivity index (χ0n) is 17.2. The molecular formula is C22H27N3O4S. The van der Waals surface area contributed by atoms with Crippen LogP contribution in [0.3, 0.4) is 0 Å². The van der Waals surface area contributed by atoms with Crippen LogP contribution < -0.4 is 15.4 Å². The summed E-state index contributed by atoms with van der Waals surface area (Å²) >= 11 is 0. The molecule has 0 unspecified atom stereocenters. The van der Waals surface area contributed by atoms with E-state index in [0.717, 1.165) is 43.1 Å². The van der Waals surface area contributed by atoms with Crippen LogP contribution in [0.5, 0.6) is 0 Å². The van der Waals surface area contributed by atoms with E-state index in [-0.39, 0.29) is 24.3 Å². The van der Waals surface area contributed by atoms with Crippen LogP contribution in [-0.4, -0.2) is 26.5 Å². The molecule has 2 aromatic carbocycles. The number of anilines is 2. The zero-order valence-corrected chi connectivity index (χ0v) is 18.0. The van der Waals surface area contributed by atoms with Crippen molar-refractivity contribution >= 4 is 33.2 Å². The van der Waals surface area contributed by atoms with Crippen LogP contribution in [0, 0.1) is 12.8 Å². The highest BCUT2D eigenvalue weighted by atomic mass is 32.2. The van der Waals surface area contributed by atoms with Crippen LogP contribution in [0.4, 0.5) is 11.4 Å². The fraction of sp³-hybridized carbons (Fsp3) is 0.364. The number of benzene rings is 2. The van der Waals surface area contributed by atoms with Crippen LogP contribution in [-0.2, 0) is 21.4 Å². The molecule has 3 rings (SSSR count). The zero-order chi connectivity index (χ0) is 21.7. The summed E-state index contributed by atoms with van der Waals surface area (Å²) in [6.07, 6.45) is 5.15. The van der Waals surface area contributed by atoms with Crippen molar-refractivity contribution in [3.63, 3.8) is 0 Å². The van der Waals surface area contributed by atoms with Gasteiger partial charge >= 0.3 is 0 Å². The number of rotatable bonds is 7.